The summed E-state index contributed by atoms with van der Waals surface area (Å²) in [4.78, 5) is 13.6. The molecule has 0 N–H and O–H groups in total. The van der Waals surface area contributed by atoms with Gasteiger partial charge in [-0.25, -0.2) is 12.8 Å². The summed E-state index contributed by atoms with van der Waals surface area (Å²) in [5.74, 6) is -0.397. The van der Waals surface area contributed by atoms with E-state index in [0.29, 0.717) is 33.0 Å². The first-order chi connectivity index (χ1) is 15.2. The van der Waals surface area contributed by atoms with Crippen molar-refractivity contribution in [2.24, 2.45) is 0 Å². The van der Waals surface area contributed by atoms with Crippen molar-refractivity contribution in [3.8, 4) is 16.8 Å². The van der Waals surface area contributed by atoms with Crippen LogP contribution in [0.4, 0.5) is 4.39 Å². The molecule has 0 amide bonds. The van der Waals surface area contributed by atoms with E-state index >= 15 is 0 Å². The van der Waals surface area contributed by atoms with Crippen LogP contribution < -0.4 is 5.56 Å². The lowest BCUT2D eigenvalue weighted by Gasteiger charge is -2.13. The Balaban J connectivity index is 1.89. The van der Waals surface area contributed by atoms with Gasteiger partial charge in [0.2, 0.25) is 0 Å². The predicted octanol–water partition coefficient (Wildman–Crippen LogP) is 4.69. The SMILES string of the molecule is CS(=O)(=O)c1ccc(-c2cnn(-c3cccc(Cl)c3)c(=O)c2Cc2cccc(F)c2)cc1. The van der Waals surface area contributed by atoms with Crippen LogP contribution in [0.1, 0.15) is 11.1 Å². The number of aromatic nitrogens is 2. The van der Waals surface area contributed by atoms with Crippen LogP contribution in [0.3, 0.4) is 0 Å². The average Bonchev–Trinajstić information content (AvgIpc) is 2.75. The van der Waals surface area contributed by atoms with Gasteiger partial charge in [-0.05, 0) is 53.6 Å². The number of rotatable bonds is 5. The number of hydrogen-bond acceptors (Lipinski definition) is 4. The number of hydrogen-bond donors (Lipinski definition) is 0. The summed E-state index contributed by atoms with van der Waals surface area (Å²) in [6.45, 7) is 0. The lowest BCUT2D eigenvalue weighted by atomic mass is 9.97. The Bertz CT molecular complexity index is 1470. The van der Waals surface area contributed by atoms with Crippen molar-refractivity contribution >= 4 is 21.4 Å². The Kier molecular flexibility index (Phi) is 5.95. The molecule has 3 aromatic carbocycles. The number of nitrogens with zero attached hydrogens (tertiary/aromatic N) is 2. The Labute approximate surface area is 189 Å². The van der Waals surface area contributed by atoms with Gasteiger partial charge in [0.15, 0.2) is 9.84 Å². The van der Waals surface area contributed by atoms with Gasteiger partial charge in [-0.15, -0.1) is 0 Å². The van der Waals surface area contributed by atoms with Gasteiger partial charge in [-0.1, -0.05) is 41.9 Å². The maximum Gasteiger partial charge on any atom is 0.275 e. The van der Waals surface area contributed by atoms with E-state index in [2.05, 4.69) is 5.10 Å². The van der Waals surface area contributed by atoms with Crippen LogP contribution in [0.5, 0.6) is 0 Å². The molecule has 0 bridgehead atoms. The predicted molar refractivity (Wildman–Crippen MR) is 123 cm³/mol. The van der Waals surface area contributed by atoms with Crippen LogP contribution in [-0.4, -0.2) is 24.5 Å². The number of halogens is 2. The van der Waals surface area contributed by atoms with Crippen LogP contribution in [0.15, 0.2) is 88.7 Å². The second kappa shape index (κ2) is 8.68. The Hall–Kier alpha value is -3.29. The van der Waals surface area contributed by atoms with Crippen molar-refractivity contribution < 1.29 is 12.8 Å². The van der Waals surface area contributed by atoms with Crippen molar-refractivity contribution in [1.82, 2.24) is 9.78 Å². The smallest absolute Gasteiger partial charge is 0.267 e. The third-order valence-corrected chi connectivity index (χ3v) is 6.36. The highest BCUT2D eigenvalue weighted by Crippen LogP contribution is 2.25. The second-order valence-corrected chi connectivity index (χ2v) is 9.79. The van der Waals surface area contributed by atoms with E-state index in [0.717, 1.165) is 6.26 Å². The molecule has 0 fully saturated rings. The highest BCUT2D eigenvalue weighted by atomic mass is 35.5. The van der Waals surface area contributed by atoms with Crippen molar-refractivity contribution in [3.05, 3.63) is 111 Å². The molecular formula is C24H18ClFN2O3S. The molecule has 0 radical (unpaired) electrons. The first-order valence-corrected chi connectivity index (χ1v) is 11.9. The fourth-order valence-corrected chi connectivity index (χ4v) is 4.25. The zero-order valence-corrected chi connectivity index (χ0v) is 18.6. The largest absolute Gasteiger partial charge is 0.275 e. The molecule has 1 aromatic heterocycles. The molecule has 4 aromatic rings. The minimum Gasteiger partial charge on any atom is -0.267 e. The van der Waals surface area contributed by atoms with Gasteiger partial charge < -0.3 is 0 Å². The quantitative estimate of drug-likeness (QED) is 0.426. The summed E-state index contributed by atoms with van der Waals surface area (Å²) in [5, 5.41) is 4.77. The average molecular weight is 469 g/mol. The molecule has 1 heterocycles. The van der Waals surface area contributed by atoms with E-state index < -0.39 is 15.7 Å². The molecule has 0 unspecified atom stereocenters. The van der Waals surface area contributed by atoms with Gasteiger partial charge in [0.1, 0.15) is 5.82 Å². The molecule has 4 rings (SSSR count). The first-order valence-electron chi connectivity index (χ1n) is 9.64. The Morgan fingerprint density at radius 2 is 1.72 bits per heavy atom. The molecule has 5 nitrogen and oxygen atoms in total. The highest BCUT2D eigenvalue weighted by Gasteiger charge is 2.16. The van der Waals surface area contributed by atoms with E-state index in [1.54, 1.807) is 54.7 Å². The molecule has 0 saturated carbocycles. The minimum atomic E-state index is -3.36. The molecule has 0 spiro atoms. The van der Waals surface area contributed by atoms with Crippen LogP contribution in [0.2, 0.25) is 5.02 Å². The zero-order valence-electron chi connectivity index (χ0n) is 17.0. The summed E-state index contributed by atoms with van der Waals surface area (Å²) in [7, 11) is -3.36. The topological polar surface area (TPSA) is 69.0 Å². The number of sulfone groups is 1. The van der Waals surface area contributed by atoms with Gasteiger partial charge in [0, 0.05) is 28.8 Å². The van der Waals surface area contributed by atoms with Gasteiger partial charge >= 0.3 is 0 Å². The summed E-state index contributed by atoms with van der Waals surface area (Å²) >= 11 is 6.08. The highest BCUT2D eigenvalue weighted by molar-refractivity contribution is 7.90. The van der Waals surface area contributed by atoms with Gasteiger partial charge in [0.05, 0.1) is 16.8 Å². The summed E-state index contributed by atoms with van der Waals surface area (Å²) in [6.07, 6.45) is 2.85. The molecular weight excluding hydrogens is 451 g/mol. The van der Waals surface area contributed by atoms with Gasteiger partial charge in [0.25, 0.3) is 5.56 Å². The third-order valence-electron chi connectivity index (χ3n) is 4.99. The molecule has 0 aliphatic rings. The first kappa shape index (κ1) is 21.9. The summed E-state index contributed by atoms with van der Waals surface area (Å²) < 4.78 is 38.6. The summed E-state index contributed by atoms with van der Waals surface area (Å²) in [6, 6.07) is 19.0. The van der Waals surface area contributed by atoms with Crippen molar-refractivity contribution in [2.45, 2.75) is 11.3 Å². The maximum atomic E-state index is 13.8. The zero-order chi connectivity index (χ0) is 22.9. The minimum absolute atomic E-state index is 0.169. The van der Waals surface area contributed by atoms with Gasteiger partial charge in [-0.2, -0.15) is 9.78 Å². The monoisotopic (exact) mass is 468 g/mol. The van der Waals surface area contributed by atoms with E-state index in [-0.39, 0.29) is 16.9 Å². The molecule has 8 heteroatoms. The third kappa shape index (κ3) is 4.64. The van der Waals surface area contributed by atoms with E-state index in [1.807, 2.05) is 0 Å². The van der Waals surface area contributed by atoms with Crippen LogP contribution in [0.25, 0.3) is 16.8 Å². The molecule has 0 aliphatic heterocycles. The van der Waals surface area contributed by atoms with Crippen LogP contribution in [-0.2, 0) is 16.3 Å². The lowest BCUT2D eigenvalue weighted by molar-refractivity contribution is 0.602. The molecule has 0 aliphatic carbocycles. The van der Waals surface area contributed by atoms with E-state index in [4.69, 9.17) is 11.6 Å². The second-order valence-electron chi connectivity index (χ2n) is 7.34. The van der Waals surface area contributed by atoms with Crippen molar-refractivity contribution in [3.63, 3.8) is 0 Å². The maximum absolute atomic E-state index is 13.8. The van der Waals surface area contributed by atoms with Crippen LogP contribution in [0, 0.1) is 5.82 Å². The summed E-state index contributed by atoms with van der Waals surface area (Å²) in [5.41, 5.74) is 2.32. The lowest BCUT2D eigenvalue weighted by Crippen LogP contribution is -2.25. The van der Waals surface area contributed by atoms with E-state index in [9.17, 15) is 17.6 Å². The number of benzene rings is 3. The molecule has 0 saturated heterocycles. The molecule has 162 valence electrons. The van der Waals surface area contributed by atoms with Crippen LogP contribution >= 0.6 is 11.6 Å². The standard InChI is InChI=1S/C24H18ClFN2O3S/c1-32(30,31)21-10-8-17(9-11-21)23-15-27-28(20-7-3-5-18(25)14-20)24(29)22(23)13-16-4-2-6-19(26)12-16/h2-12,14-15H,13H2,1H3. The Morgan fingerprint density at radius 3 is 2.38 bits per heavy atom. The normalized spacial score (nSPS) is 11.5. The Morgan fingerprint density at radius 1 is 1.00 bits per heavy atom. The van der Waals surface area contributed by atoms with Crippen molar-refractivity contribution in [2.75, 3.05) is 6.26 Å². The van der Waals surface area contributed by atoms with E-state index in [1.165, 1.54) is 28.9 Å². The van der Waals surface area contributed by atoms with Crippen molar-refractivity contribution in [1.29, 1.82) is 0 Å². The fraction of sp³-hybridized carbons (Fsp3) is 0.0833. The molecule has 0 atom stereocenters. The fourth-order valence-electron chi connectivity index (χ4n) is 3.43. The molecule has 32 heavy (non-hydrogen) atoms. The van der Waals surface area contributed by atoms with Gasteiger partial charge in [-0.3, -0.25) is 4.79 Å².